The minimum atomic E-state index is 0. The van der Waals surface area contributed by atoms with Crippen LogP contribution in [-0.4, -0.2) is 63.1 Å². The third-order valence-corrected chi connectivity index (χ3v) is 3.21. The van der Waals surface area contributed by atoms with Crippen LogP contribution in [0.1, 0.15) is 5.56 Å². The molecule has 118 valence electrons. The van der Waals surface area contributed by atoms with Crippen LogP contribution in [0.2, 0.25) is 0 Å². The lowest BCUT2D eigenvalue weighted by atomic mass is 10.2. The number of nitrogens with zero attached hydrogens (tertiary/aromatic N) is 3. The summed E-state index contributed by atoms with van der Waals surface area (Å²) in [6, 6.07) is 8.21. The highest BCUT2D eigenvalue weighted by Gasteiger charge is 2.11. The van der Waals surface area contributed by atoms with Gasteiger partial charge in [-0.1, -0.05) is 12.1 Å². The standard InChI is InChI=1S/C15H24N4O.HI/c1-18(2)9-10-20-14-6-4-5-13(11-14)12-17-15-16-7-8-19(15)3;/h4-6,11H,7-10,12H2,1-3H3,(H,16,17);1H. The van der Waals surface area contributed by atoms with Crippen molar-refractivity contribution < 1.29 is 4.74 Å². The van der Waals surface area contributed by atoms with E-state index in [0.717, 1.165) is 37.9 Å². The highest BCUT2D eigenvalue weighted by atomic mass is 127. The van der Waals surface area contributed by atoms with E-state index in [2.05, 4.69) is 39.3 Å². The topological polar surface area (TPSA) is 40.1 Å². The van der Waals surface area contributed by atoms with Crippen molar-refractivity contribution in [3.05, 3.63) is 29.8 Å². The molecule has 1 aliphatic heterocycles. The monoisotopic (exact) mass is 404 g/mol. The molecule has 0 spiro atoms. The molecule has 0 radical (unpaired) electrons. The molecular weight excluding hydrogens is 379 g/mol. The van der Waals surface area contributed by atoms with Gasteiger partial charge in [0.2, 0.25) is 0 Å². The summed E-state index contributed by atoms with van der Waals surface area (Å²) in [7, 11) is 6.14. The maximum Gasteiger partial charge on any atom is 0.194 e. The second kappa shape index (κ2) is 9.09. The molecule has 5 nitrogen and oxygen atoms in total. The Bertz CT molecular complexity index is 465. The van der Waals surface area contributed by atoms with Crippen molar-refractivity contribution in [2.24, 2.45) is 4.99 Å². The highest BCUT2D eigenvalue weighted by Crippen LogP contribution is 2.13. The normalized spacial score (nSPS) is 13.9. The van der Waals surface area contributed by atoms with Crippen LogP contribution in [0.25, 0.3) is 0 Å². The quantitative estimate of drug-likeness (QED) is 0.732. The van der Waals surface area contributed by atoms with Crippen molar-refractivity contribution in [2.45, 2.75) is 6.54 Å². The molecule has 21 heavy (non-hydrogen) atoms. The maximum atomic E-state index is 5.74. The molecule has 6 heteroatoms. The van der Waals surface area contributed by atoms with E-state index in [4.69, 9.17) is 4.74 Å². The van der Waals surface area contributed by atoms with Crippen molar-refractivity contribution in [2.75, 3.05) is 47.4 Å². The highest BCUT2D eigenvalue weighted by molar-refractivity contribution is 14.0. The number of hydrogen-bond donors (Lipinski definition) is 1. The first kappa shape index (κ1) is 18.0. The van der Waals surface area contributed by atoms with E-state index in [1.165, 1.54) is 5.56 Å². The Hall–Kier alpha value is -1.02. The van der Waals surface area contributed by atoms with Gasteiger partial charge in [-0.25, -0.2) is 0 Å². The van der Waals surface area contributed by atoms with Gasteiger partial charge in [0.05, 0.1) is 6.54 Å². The van der Waals surface area contributed by atoms with E-state index < -0.39 is 0 Å². The van der Waals surface area contributed by atoms with Crippen molar-refractivity contribution in [3.8, 4) is 5.75 Å². The molecule has 1 aromatic rings. The minimum Gasteiger partial charge on any atom is -0.492 e. The zero-order valence-electron chi connectivity index (χ0n) is 13.0. The second-order valence-electron chi connectivity index (χ2n) is 5.28. The first-order valence-electron chi connectivity index (χ1n) is 7.01. The van der Waals surface area contributed by atoms with E-state index in [1.54, 1.807) is 0 Å². The number of rotatable bonds is 6. The number of likely N-dealkylation sites (N-methyl/N-ethyl adjacent to an activating group) is 2. The van der Waals surface area contributed by atoms with Gasteiger partial charge in [0.15, 0.2) is 5.96 Å². The number of ether oxygens (including phenoxy) is 1. The lowest BCUT2D eigenvalue weighted by molar-refractivity contribution is 0.261. The summed E-state index contributed by atoms with van der Waals surface area (Å²) in [5, 5.41) is 3.36. The third kappa shape index (κ3) is 6.09. The average molecular weight is 404 g/mol. The van der Waals surface area contributed by atoms with Crippen LogP contribution in [-0.2, 0) is 6.54 Å². The van der Waals surface area contributed by atoms with Crippen LogP contribution in [0, 0.1) is 0 Å². The molecule has 0 saturated carbocycles. The van der Waals surface area contributed by atoms with Crippen molar-refractivity contribution >= 4 is 29.9 Å². The first-order valence-corrected chi connectivity index (χ1v) is 7.01. The number of hydrogen-bond acceptors (Lipinski definition) is 5. The summed E-state index contributed by atoms with van der Waals surface area (Å²) in [6.07, 6.45) is 0. The average Bonchev–Trinajstić information content (AvgIpc) is 2.82. The Morgan fingerprint density at radius 3 is 2.86 bits per heavy atom. The second-order valence-corrected chi connectivity index (χ2v) is 5.28. The summed E-state index contributed by atoms with van der Waals surface area (Å²) in [5.74, 6) is 1.90. The lowest BCUT2D eigenvalue weighted by Gasteiger charge is -2.16. The van der Waals surface area contributed by atoms with Gasteiger partial charge in [-0.3, -0.25) is 4.99 Å². The molecular formula is C15H25IN4O. The van der Waals surface area contributed by atoms with Gasteiger partial charge in [-0.2, -0.15) is 0 Å². The fourth-order valence-corrected chi connectivity index (χ4v) is 2.00. The van der Waals surface area contributed by atoms with E-state index in [-0.39, 0.29) is 24.0 Å². The van der Waals surface area contributed by atoms with Crippen LogP contribution in [0.4, 0.5) is 0 Å². The molecule has 0 bridgehead atoms. The fourth-order valence-electron chi connectivity index (χ4n) is 2.00. The lowest BCUT2D eigenvalue weighted by Crippen LogP contribution is -2.35. The summed E-state index contributed by atoms with van der Waals surface area (Å²) in [4.78, 5) is 8.66. The first-order chi connectivity index (χ1) is 9.65. The predicted molar refractivity (Wildman–Crippen MR) is 97.7 cm³/mol. The van der Waals surface area contributed by atoms with Gasteiger partial charge < -0.3 is 19.9 Å². The van der Waals surface area contributed by atoms with Crippen molar-refractivity contribution in [1.82, 2.24) is 15.1 Å². The van der Waals surface area contributed by atoms with Crippen molar-refractivity contribution in [1.29, 1.82) is 0 Å². The Labute approximate surface area is 144 Å². The van der Waals surface area contributed by atoms with Gasteiger partial charge >= 0.3 is 0 Å². The minimum absolute atomic E-state index is 0. The molecule has 0 fully saturated rings. The van der Waals surface area contributed by atoms with E-state index >= 15 is 0 Å². The van der Waals surface area contributed by atoms with Crippen LogP contribution in [0.3, 0.4) is 0 Å². The van der Waals surface area contributed by atoms with Gasteiger partial charge in [0, 0.05) is 26.7 Å². The molecule has 1 aliphatic rings. The fraction of sp³-hybridized carbons (Fsp3) is 0.533. The molecule has 1 N–H and O–H groups in total. The third-order valence-electron chi connectivity index (χ3n) is 3.21. The zero-order chi connectivity index (χ0) is 14.4. The maximum absolute atomic E-state index is 5.74. The van der Waals surface area contributed by atoms with Crippen LogP contribution >= 0.6 is 24.0 Å². The Kier molecular flexibility index (Phi) is 7.81. The number of guanidine groups is 1. The van der Waals surface area contributed by atoms with Gasteiger partial charge in [0.1, 0.15) is 12.4 Å². The van der Waals surface area contributed by atoms with Crippen LogP contribution < -0.4 is 10.1 Å². The molecule has 0 saturated heterocycles. The molecule has 1 aromatic carbocycles. The summed E-state index contributed by atoms with van der Waals surface area (Å²) >= 11 is 0. The molecule has 1 heterocycles. The summed E-state index contributed by atoms with van der Waals surface area (Å²) in [5.41, 5.74) is 1.20. The molecule has 0 aliphatic carbocycles. The van der Waals surface area contributed by atoms with E-state index in [9.17, 15) is 0 Å². The molecule has 0 unspecified atom stereocenters. The predicted octanol–water partition coefficient (Wildman–Crippen LogP) is 1.64. The van der Waals surface area contributed by atoms with E-state index in [0.29, 0.717) is 6.61 Å². The number of aliphatic imine (C=N–C) groups is 1. The molecule has 0 aromatic heterocycles. The largest absolute Gasteiger partial charge is 0.492 e. The van der Waals surface area contributed by atoms with Crippen LogP contribution in [0.5, 0.6) is 5.75 Å². The molecule has 2 rings (SSSR count). The Balaban J connectivity index is 0.00000220. The van der Waals surface area contributed by atoms with Gasteiger partial charge in [0.25, 0.3) is 0 Å². The Morgan fingerprint density at radius 1 is 1.38 bits per heavy atom. The van der Waals surface area contributed by atoms with E-state index in [1.807, 2.05) is 26.2 Å². The van der Waals surface area contributed by atoms with Crippen molar-refractivity contribution in [3.63, 3.8) is 0 Å². The van der Waals surface area contributed by atoms with Gasteiger partial charge in [-0.15, -0.1) is 24.0 Å². The summed E-state index contributed by atoms with van der Waals surface area (Å²) in [6.45, 7) is 4.28. The van der Waals surface area contributed by atoms with Crippen LogP contribution in [0.15, 0.2) is 29.3 Å². The molecule has 0 atom stereocenters. The Morgan fingerprint density at radius 2 is 2.19 bits per heavy atom. The summed E-state index contributed by atoms with van der Waals surface area (Å²) < 4.78 is 5.74. The number of nitrogens with one attached hydrogen (secondary N) is 1. The van der Waals surface area contributed by atoms with Gasteiger partial charge in [-0.05, 0) is 31.8 Å². The SMILES string of the molecule is CN(C)CCOc1cccc(CNC2=NCCN2C)c1.I. The smallest absolute Gasteiger partial charge is 0.194 e. The number of halogens is 1. The molecule has 0 amide bonds. The number of benzene rings is 1. The zero-order valence-corrected chi connectivity index (χ0v) is 15.3.